The van der Waals surface area contributed by atoms with Crippen LogP contribution in [0.4, 0.5) is 4.39 Å². The molecule has 0 saturated carbocycles. The maximum atomic E-state index is 12.9. The van der Waals surface area contributed by atoms with E-state index >= 15 is 0 Å². The summed E-state index contributed by atoms with van der Waals surface area (Å²) in [5, 5.41) is 4.04. The molecular formula is C13H12ClFS. The minimum atomic E-state index is -0.208. The van der Waals surface area contributed by atoms with Gasteiger partial charge in [0.25, 0.3) is 0 Å². The topological polar surface area (TPSA) is 0 Å². The van der Waals surface area contributed by atoms with Crippen LogP contribution < -0.4 is 0 Å². The maximum Gasteiger partial charge on any atom is 0.123 e. The molecule has 0 radical (unpaired) electrons. The molecule has 0 nitrogen and oxygen atoms in total. The first kappa shape index (κ1) is 11.6. The minimum absolute atomic E-state index is 0.0878. The molecule has 1 atom stereocenters. The second kappa shape index (κ2) is 4.98. The lowest BCUT2D eigenvalue weighted by Gasteiger charge is -2.11. The molecule has 0 aliphatic rings. The lowest BCUT2D eigenvalue weighted by Crippen LogP contribution is -1.98. The van der Waals surface area contributed by atoms with Gasteiger partial charge in [0.1, 0.15) is 5.82 Å². The Morgan fingerprint density at radius 2 is 2.19 bits per heavy atom. The van der Waals surface area contributed by atoms with E-state index in [2.05, 4.69) is 11.4 Å². The molecule has 0 N–H and O–H groups in total. The molecule has 16 heavy (non-hydrogen) atoms. The SMILES string of the molecule is Cc1cc(F)ccc1C(Cl)Cc1ccsc1. The Balaban J connectivity index is 2.17. The van der Waals surface area contributed by atoms with E-state index in [0.29, 0.717) is 0 Å². The van der Waals surface area contributed by atoms with Crippen LogP contribution in [0.25, 0.3) is 0 Å². The third-order valence-electron chi connectivity index (χ3n) is 2.56. The first-order valence-electron chi connectivity index (χ1n) is 5.08. The second-order valence-electron chi connectivity index (χ2n) is 3.80. The molecule has 0 amide bonds. The molecule has 0 spiro atoms. The monoisotopic (exact) mass is 254 g/mol. The summed E-state index contributed by atoms with van der Waals surface area (Å²) in [5.41, 5.74) is 3.15. The molecule has 0 saturated heterocycles. The largest absolute Gasteiger partial charge is 0.207 e. The molecular weight excluding hydrogens is 243 g/mol. The van der Waals surface area contributed by atoms with Crippen molar-refractivity contribution in [2.24, 2.45) is 0 Å². The van der Waals surface area contributed by atoms with Crippen molar-refractivity contribution in [3.05, 3.63) is 57.5 Å². The average molecular weight is 255 g/mol. The summed E-state index contributed by atoms with van der Waals surface area (Å²) < 4.78 is 12.9. The van der Waals surface area contributed by atoms with E-state index in [4.69, 9.17) is 11.6 Å². The van der Waals surface area contributed by atoms with Crippen LogP contribution in [-0.2, 0) is 6.42 Å². The third-order valence-corrected chi connectivity index (χ3v) is 3.69. The number of benzene rings is 1. The van der Waals surface area contributed by atoms with Gasteiger partial charge in [0.2, 0.25) is 0 Å². The van der Waals surface area contributed by atoms with E-state index in [1.54, 1.807) is 17.4 Å². The van der Waals surface area contributed by atoms with Gasteiger partial charge in [-0.25, -0.2) is 4.39 Å². The number of thiophene rings is 1. The molecule has 0 aliphatic heterocycles. The summed E-state index contributed by atoms with van der Waals surface area (Å²) in [7, 11) is 0. The predicted molar refractivity (Wildman–Crippen MR) is 67.8 cm³/mol. The lowest BCUT2D eigenvalue weighted by atomic mass is 10.0. The van der Waals surface area contributed by atoms with Crippen LogP contribution in [0, 0.1) is 12.7 Å². The van der Waals surface area contributed by atoms with Crippen molar-refractivity contribution in [3.63, 3.8) is 0 Å². The van der Waals surface area contributed by atoms with Crippen molar-refractivity contribution in [1.82, 2.24) is 0 Å². The van der Waals surface area contributed by atoms with Crippen molar-refractivity contribution >= 4 is 22.9 Å². The first-order valence-corrected chi connectivity index (χ1v) is 6.46. The van der Waals surface area contributed by atoms with E-state index in [1.165, 1.54) is 17.7 Å². The average Bonchev–Trinajstić information content (AvgIpc) is 2.70. The van der Waals surface area contributed by atoms with Crippen molar-refractivity contribution in [2.75, 3.05) is 0 Å². The van der Waals surface area contributed by atoms with Gasteiger partial charge in [-0.1, -0.05) is 6.07 Å². The number of hydrogen-bond acceptors (Lipinski definition) is 1. The summed E-state index contributed by atoms with van der Waals surface area (Å²) in [5.74, 6) is -0.208. The van der Waals surface area contributed by atoms with Crippen LogP contribution in [0.15, 0.2) is 35.0 Å². The van der Waals surface area contributed by atoms with E-state index in [1.807, 2.05) is 12.3 Å². The number of alkyl halides is 1. The van der Waals surface area contributed by atoms with Crippen LogP contribution in [0.3, 0.4) is 0 Å². The minimum Gasteiger partial charge on any atom is -0.207 e. The Hall–Kier alpha value is -0.860. The molecule has 1 aromatic carbocycles. The van der Waals surface area contributed by atoms with Gasteiger partial charge in [-0.3, -0.25) is 0 Å². The van der Waals surface area contributed by atoms with Gasteiger partial charge >= 0.3 is 0 Å². The van der Waals surface area contributed by atoms with Gasteiger partial charge in [-0.15, -0.1) is 11.6 Å². The van der Waals surface area contributed by atoms with Crippen LogP contribution in [0.5, 0.6) is 0 Å². The zero-order valence-electron chi connectivity index (χ0n) is 8.91. The maximum absolute atomic E-state index is 12.9. The Morgan fingerprint density at radius 1 is 1.38 bits per heavy atom. The molecule has 0 aliphatic carbocycles. The molecule has 1 heterocycles. The lowest BCUT2D eigenvalue weighted by molar-refractivity contribution is 0.625. The molecule has 3 heteroatoms. The summed E-state index contributed by atoms with van der Waals surface area (Å²) >= 11 is 8.00. The number of aryl methyl sites for hydroxylation is 1. The predicted octanol–water partition coefficient (Wildman–Crippen LogP) is 4.72. The fraction of sp³-hybridized carbons (Fsp3) is 0.231. The zero-order chi connectivity index (χ0) is 11.5. The van der Waals surface area contributed by atoms with E-state index in [9.17, 15) is 4.39 Å². The first-order chi connectivity index (χ1) is 7.66. The van der Waals surface area contributed by atoms with Crippen molar-refractivity contribution < 1.29 is 4.39 Å². The van der Waals surface area contributed by atoms with Gasteiger partial charge in [-0.2, -0.15) is 11.3 Å². The fourth-order valence-electron chi connectivity index (χ4n) is 1.72. The van der Waals surface area contributed by atoms with Crippen LogP contribution >= 0.6 is 22.9 Å². The highest BCUT2D eigenvalue weighted by molar-refractivity contribution is 7.07. The van der Waals surface area contributed by atoms with Crippen molar-refractivity contribution in [1.29, 1.82) is 0 Å². The van der Waals surface area contributed by atoms with Crippen LogP contribution in [-0.4, -0.2) is 0 Å². The Bertz CT molecular complexity index is 465. The van der Waals surface area contributed by atoms with Crippen LogP contribution in [0.1, 0.15) is 22.1 Å². The standard InChI is InChI=1S/C13H12ClFS/c1-9-6-11(15)2-3-12(9)13(14)7-10-4-5-16-8-10/h2-6,8,13H,7H2,1H3. The van der Waals surface area contributed by atoms with Gasteiger partial charge in [0.15, 0.2) is 0 Å². The van der Waals surface area contributed by atoms with Gasteiger partial charge in [0, 0.05) is 0 Å². The van der Waals surface area contributed by atoms with Gasteiger partial charge in [-0.05, 0) is 59.0 Å². The van der Waals surface area contributed by atoms with Crippen molar-refractivity contribution in [3.8, 4) is 0 Å². The number of hydrogen-bond donors (Lipinski definition) is 0. The third kappa shape index (κ3) is 2.63. The van der Waals surface area contributed by atoms with E-state index in [-0.39, 0.29) is 11.2 Å². The van der Waals surface area contributed by atoms with E-state index in [0.717, 1.165) is 17.5 Å². The summed E-state index contributed by atoms with van der Waals surface area (Å²) in [6.45, 7) is 1.89. The highest BCUT2D eigenvalue weighted by Gasteiger charge is 2.12. The van der Waals surface area contributed by atoms with Crippen LogP contribution in [0.2, 0.25) is 0 Å². The highest BCUT2D eigenvalue weighted by atomic mass is 35.5. The Morgan fingerprint density at radius 3 is 2.81 bits per heavy atom. The fourth-order valence-corrected chi connectivity index (χ4v) is 2.82. The highest BCUT2D eigenvalue weighted by Crippen LogP contribution is 2.28. The second-order valence-corrected chi connectivity index (χ2v) is 5.11. The number of rotatable bonds is 3. The molecule has 2 rings (SSSR count). The smallest absolute Gasteiger partial charge is 0.123 e. The van der Waals surface area contributed by atoms with Gasteiger partial charge < -0.3 is 0 Å². The Kier molecular flexibility index (Phi) is 3.62. The van der Waals surface area contributed by atoms with Crippen molar-refractivity contribution in [2.45, 2.75) is 18.7 Å². The summed E-state index contributed by atoms with van der Waals surface area (Å²) in [4.78, 5) is 0. The molecule has 1 aromatic heterocycles. The summed E-state index contributed by atoms with van der Waals surface area (Å²) in [6, 6.07) is 6.83. The van der Waals surface area contributed by atoms with E-state index < -0.39 is 0 Å². The molecule has 0 bridgehead atoms. The normalized spacial score (nSPS) is 12.7. The van der Waals surface area contributed by atoms with Gasteiger partial charge in [0.05, 0.1) is 5.38 Å². The molecule has 84 valence electrons. The molecule has 2 aromatic rings. The Labute approximate surface area is 104 Å². The summed E-state index contributed by atoms with van der Waals surface area (Å²) in [6.07, 6.45) is 0.789. The zero-order valence-corrected chi connectivity index (χ0v) is 10.5. The number of halogens is 2. The molecule has 1 unspecified atom stereocenters. The quantitative estimate of drug-likeness (QED) is 0.696. The molecule has 0 fully saturated rings.